The van der Waals surface area contributed by atoms with Gasteiger partial charge < -0.3 is 19.2 Å². The molecule has 0 bridgehead atoms. The Hall–Kier alpha value is -3.68. The van der Waals surface area contributed by atoms with E-state index in [1.54, 1.807) is 19.1 Å². The van der Waals surface area contributed by atoms with Crippen LogP contribution in [0.2, 0.25) is 0 Å². The fourth-order valence-electron chi connectivity index (χ4n) is 4.69. The number of phenols is 1. The van der Waals surface area contributed by atoms with Crippen LogP contribution >= 0.6 is 0 Å². The fourth-order valence-corrected chi connectivity index (χ4v) is 4.69. The minimum Gasteiger partial charge on any atom is -0.508 e. The predicted molar refractivity (Wildman–Crippen MR) is 127 cm³/mol. The number of ether oxygens (including phenoxy) is 1. The first-order chi connectivity index (χ1) is 16.4. The number of fused-ring (bicyclic) bond motifs is 2. The number of nitrogens with zero attached hydrogens (tertiary/aromatic N) is 3. The number of anilines is 1. The molecule has 0 atom stereocenters. The van der Waals surface area contributed by atoms with Crippen LogP contribution in [0.3, 0.4) is 0 Å². The van der Waals surface area contributed by atoms with Gasteiger partial charge in [-0.25, -0.2) is 9.18 Å². The molecule has 6 rings (SSSR count). The number of hydrogen-bond donors (Lipinski definition) is 1. The van der Waals surface area contributed by atoms with Gasteiger partial charge in [0.2, 0.25) is 0 Å². The molecule has 7 nitrogen and oxygen atoms in total. The first-order valence-electron chi connectivity index (χ1n) is 11.5. The highest BCUT2D eigenvalue weighted by atomic mass is 19.1. The molecule has 0 spiro atoms. The van der Waals surface area contributed by atoms with Crippen molar-refractivity contribution in [3.8, 4) is 23.1 Å². The maximum atomic E-state index is 14.9. The lowest BCUT2D eigenvalue weighted by atomic mass is 9.98. The third kappa shape index (κ3) is 3.45. The van der Waals surface area contributed by atoms with Gasteiger partial charge in [-0.3, -0.25) is 0 Å². The normalized spacial score (nSPS) is 15.7. The molecule has 174 valence electrons. The minimum absolute atomic E-state index is 0.0551. The number of methoxy groups -OCH3 is 1. The largest absolute Gasteiger partial charge is 0.508 e. The van der Waals surface area contributed by atoms with Gasteiger partial charge in [0.25, 0.3) is 0 Å². The topological polar surface area (TPSA) is 88.7 Å². The van der Waals surface area contributed by atoms with E-state index in [-0.39, 0.29) is 22.9 Å². The number of phenolic OH excluding ortho intramolecular Hbond substituents is 1. The van der Waals surface area contributed by atoms with Crippen molar-refractivity contribution >= 4 is 27.5 Å². The van der Waals surface area contributed by atoms with E-state index in [1.165, 1.54) is 38.2 Å². The second-order valence-corrected chi connectivity index (χ2v) is 9.26. The zero-order chi connectivity index (χ0) is 23.6. The molecule has 0 amide bonds. The number of hydrogen-bond acceptors (Lipinski definition) is 7. The van der Waals surface area contributed by atoms with Gasteiger partial charge in [0, 0.05) is 29.1 Å². The zero-order valence-electron chi connectivity index (χ0n) is 19.0. The molecule has 2 fully saturated rings. The maximum Gasteiger partial charge on any atom is 0.349 e. The molecule has 1 N–H and O–H groups in total. The molecular formula is C26H24FN3O4. The van der Waals surface area contributed by atoms with E-state index >= 15 is 0 Å². The van der Waals surface area contributed by atoms with Crippen molar-refractivity contribution in [1.82, 2.24) is 9.97 Å². The standard InChI is InChI=1S/C26H24FN3O4/c1-13-22-21(24(29-26(28-22)33-2)30(16-8-9-16)12-14-6-7-14)25(32)34-23(13)18-11-17(31)10-15-4-3-5-19(27)20(15)18/h3-5,10-11,14,16,31H,6-9,12H2,1-2H3. The predicted octanol–water partition coefficient (Wildman–Crippen LogP) is 4.94. The second kappa shape index (κ2) is 7.68. The summed E-state index contributed by atoms with van der Waals surface area (Å²) >= 11 is 0. The fraction of sp³-hybridized carbons (Fsp3) is 0.346. The number of aromatic hydroxyl groups is 1. The van der Waals surface area contributed by atoms with Crippen LogP contribution < -0.4 is 15.3 Å². The van der Waals surface area contributed by atoms with Crippen LogP contribution in [0.1, 0.15) is 31.2 Å². The highest BCUT2D eigenvalue weighted by Crippen LogP contribution is 2.41. The van der Waals surface area contributed by atoms with E-state index < -0.39 is 11.4 Å². The first kappa shape index (κ1) is 20.9. The van der Waals surface area contributed by atoms with E-state index in [9.17, 15) is 14.3 Å². The molecule has 2 saturated carbocycles. The van der Waals surface area contributed by atoms with Gasteiger partial charge in [-0.2, -0.15) is 9.97 Å². The van der Waals surface area contributed by atoms with Gasteiger partial charge in [0.15, 0.2) is 5.82 Å². The van der Waals surface area contributed by atoms with Gasteiger partial charge in [-0.05, 0) is 62.1 Å². The molecule has 2 heterocycles. The average molecular weight is 461 g/mol. The van der Waals surface area contributed by atoms with Gasteiger partial charge in [0.1, 0.15) is 22.7 Å². The Morgan fingerprint density at radius 1 is 1.18 bits per heavy atom. The van der Waals surface area contributed by atoms with Gasteiger partial charge >= 0.3 is 11.6 Å². The van der Waals surface area contributed by atoms with Crippen molar-refractivity contribution in [3.05, 3.63) is 52.1 Å². The molecular weight excluding hydrogens is 437 g/mol. The number of aromatic nitrogens is 2. The Bertz CT molecular complexity index is 1510. The van der Waals surface area contributed by atoms with Crippen molar-refractivity contribution in [2.75, 3.05) is 18.6 Å². The summed E-state index contributed by atoms with van der Waals surface area (Å²) in [5.41, 5.74) is 0.652. The van der Waals surface area contributed by atoms with E-state index in [0.717, 1.165) is 19.4 Å². The van der Waals surface area contributed by atoms with Crippen LogP contribution in [0, 0.1) is 18.7 Å². The molecule has 4 aromatic rings. The molecule has 0 unspecified atom stereocenters. The monoisotopic (exact) mass is 461 g/mol. The Balaban J connectivity index is 1.64. The second-order valence-electron chi connectivity index (χ2n) is 9.26. The van der Waals surface area contributed by atoms with E-state index in [1.807, 2.05) is 0 Å². The Morgan fingerprint density at radius 3 is 2.68 bits per heavy atom. The summed E-state index contributed by atoms with van der Waals surface area (Å²) < 4.78 is 26.1. The third-order valence-electron chi connectivity index (χ3n) is 6.71. The minimum atomic E-state index is -0.595. The van der Waals surface area contributed by atoms with Gasteiger partial charge in [-0.1, -0.05) is 12.1 Å². The SMILES string of the molecule is COc1nc(N(CC2CC2)C2CC2)c2c(=O)oc(-c3cc(O)cc4cccc(F)c34)c(C)c2n1. The summed E-state index contributed by atoms with van der Waals surface area (Å²) in [6.07, 6.45) is 4.46. The summed E-state index contributed by atoms with van der Waals surface area (Å²) in [7, 11) is 1.49. The molecule has 2 aliphatic rings. The van der Waals surface area contributed by atoms with Crippen molar-refractivity contribution in [2.24, 2.45) is 5.92 Å². The summed E-state index contributed by atoms with van der Waals surface area (Å²) in [6, 6.07) is 8.00. The van der Waals surface area contributed by atoms with Crippen molar-refractivity contribution in [2.45, 2.75) is 38.6 Å². The molecule has 8 heteroatoms. The van der Waals surface area contributed by atoms with Crippen LogP contribution in [-0.4, -0.2) is 34.8 Å². The molecule has 0 saturated heterocycles. The summed E-state index contributed by atoms with van der Waals surface area (Å²) in [4.78, 5) is 24.7. The van der Waals surface area contributed by atoms with Crippen LogP contribution in [0.5, 0.6) is 11.8 Å². The molecule has 34 heavy (non-hydrogen) atoms. The zero-order valence-corrected chi connectivity index (χ0v) is 19.0. The first-order valence-corrected chi connectivity index (χ1v) is 11.5. The van der Waals surface area contributed by atoms with Crippen LogP contribution in [0.15, 0.2) is 39.5 Å². The number of aryl methyl sites for hydroxylation is 1. The lowest BCUT2D eigenvalue weighted by Gasteiger charge is -2.25. The van der Waals surface area contributed by atoms with E-state index in [0.29, 0.717) is 45.2 Å². The smallest absolute Gasteiger partial charge is 0.349 e. The molecule has 2 aliphatic carbocycles. The van der Waals surface area contributed by atoms with Crippen LogP contribution in [-0.2, 0) is 0 Å². The van der Waals surface area contributed by atoms with Crippen molar-refractivity contribution < 1.29 is 18.7 Å². The van der Waals surface area contributed by atoms with E-state index in [2.05, 4.69) is 14.9 Å². The lowest BCUT2D eigenvalue weighted by Crippen LogP contribution is -2.30. The molecule has 0 aliphatic heterocycles. The van der Waals surface area contributed by atoms with E-state index in [4.69, 9.17) is 9.15 Å². The van der Waals surface area contributed by atoms with Crippen LogP contribution in [0.4, 0.5) is 10.2 Å². The number of benzene rings is 2. The highest BCUT2D eigenvalue weighted by Gasteiger charge is 2.37. The molecule has 2 aromatic heterocycles. The molecule has 2 aromatic carbocycles. The maximum absolute atomic E-state index is 14.9. The van der Waals surface area contributed by atoms with Crippen molar-refractivity contribution in [3.63, 3.8) is 0 Å². The Kier molecular flexibility index (Phi) is 4.72. The molecule has 0 radical (unpaired) electrons. The Labute approximate surface area is 194 Å². The number of rotatable bonds is 6. The lowest BCUT2D eigenvalue weighted by molar-refractivity contribution is 0.381. The highest BCUT2D eigenvalue weighted by molar-refractivity contribution is 6.00. The van der Waals surface area contributed by atoms with Crippen LogP contribution in [0.25, 0.3) is 33.0 Å². The van der Waals surface area contributed by atoms with Crippen molar-refractivity contribution in [1.29, 1.82) is 0 Å². The number of halogens is 1. The van der Waals surface area contributed by atoms with Gasteiger partial charge in [0.05, 0.1) is 12.6 Å². The Morgan fingerprint density at radius 2 is 1.97 bits per heavy atom. The summed E-state index contributed by atoms with van der Waals surface area (Å²) in [6.45, 7) is 2.61. The third-order valence-corrected chi connectivity index (χ3v) is 6.71. The van der Waals surface area contributed by atoms with Gasteiger partial charge in [-0.15, -0.1) is 0 Å². The summed E-state index contributed by atoms with van der Waals surface area (Å²) in [5.74, 6) is 0.771. The average Bonchev–Trinajstić information content (AvgIpc) is 3.73. The summed E-state index contributed by atoms with van der Waals surface area (Å²) in [5, 5.41) is 11.4. The quantitative estimate of drug-likeness (QED) is 0.435.